The number of nitrogens with zero attached hydrogens (tertiary/aromatic N) is 2. The fraction of sp³-hybridized carbons (Fsp3) is 0.727. The van der Waals surface area contributed by atoms with Crippen molar-refractivity contribution in [2.45, 2.75) is 39.2 Å². The van der Waals surface area contributed by atoms with E-state index >= 15 is 0 Å². The molecule has 3 heteroatoms. The summed E-state index contributed by atoms with van der Waals surface area (Å²) in [6.07, 6.45) is 4.97. The molecule has 1 aromatic rings. The first kappa shape index (κ1) is 9.71. The van der Waals surface area contributed by atoms with Crippen LogP contribution in [-0.2, 0) is 7.05 Å². The van der Waals surface area contributed by atoms with E-state index in [9.17, 15) is 5.11 Å². The predicted molar refractivity (Wildman–Crippen MR) is 54.9 cm³/mol. The van der Waals surface area contributed by atoms with Gasteiger partial charge in [-0.25, -0.2) is 0 Å². The van der Waals surface area contributed by atoms with Gasteiger partial charge in [0.1, 0.15) is 0 Å². The molecule has 0 aromatic carbocycles. The molecule has 3 nitrogen and oxygen atoms in total. The SMILES string of the molecule is Cc1nn(C)cc1C(O)CC1(C)CC1. The molecule has 0 radical (unpaired) electrons. The summed E-state index contributed by atoms with van der Waals surface area (Å²) in [5, 5.41) is 14.3. The van der Waals surface area contributed by atoms with E-state index in [1.807, 2.05) is 20.2 Å². The molecule has 1 fully saturated rings. The highest BCUT2D eigenvalue weighted by molar-refractivity contribution is 5.19. The van der Waals surface area contributed by atoms with Crippen LogP contribution in [0.2, 0.25) is 0 Å². The van der Waals surface area contributed by atoms with Gasteiger partial charge < -0.3 is 5.11 Å². The average Bonchev–Trinajstić information content (AvgIpc) is 2.68. The molecule has 0 amide bonds. The Hall–Kier alpha value is -0.830. The number of aryl methyl sites for hydroxylation is 2. The molecule has 1 unspecified atom stereocenters. The molecule has 0 saturated heterocycles. The van der Waals surface area contributed by atoms with E-state index in [0.717, 1.165) is 17.7 Å². The highest BCUT2D eigenvalue weighted by atomic mass is 16.3. The second-order valence-electron chi connectivity index (χ2n) is 4.87. The van der Waals surface area contributed by atoms with Crippen LogP contribution in [0.4, 0.5) is 0 Å². The second kappa shape index (κ2) is 3.09. The van der Waals surface area contributed by atoms with Gasteiger partial charge in [0.25, 0.3) is 0 Å². The van der Waals surface area contributed by atoms with Crippen molar-refractivity contribution in [3.8, 4) is 0 Å². The summed E-state index contributed by atoms with van der Waals surface area (Å²) in [4.78, 5) is 0. The Labute approximate surface area is 84.7 Å². The van der Waals surface area contributed by atoms with Crippen LogP contribution in [0.25, 0.3) is 0 Å². The van der Waals surface area contributed by atoms with Crippen LogP contribution in [0.5, 0.6) is 0 Å². The van der Waals surface area contributed by atoms with E-state index < -0.39 is 0 Å². The lowest BCUT2D eigenvalue weighted by Crippen LogP contribution is -2.05. The van der Waals surface area contributed by atoms with E-state index in [1.54, 1.807) is 4.68 Å². The molecule has 0 spiro atoms. The summed E-state index contributed by atoms with van der Waals surface area (Å²) < 4.78 is 1.77. The second-order valence-corrected chi connectivity index (χ2v) is 4.87. The maximum Gasteiger partial charge on any atom is 0.0828 e. The zero-order valence-electron chi connectivity index (χ0n) is 9.12. The van der Waals surface area contributed by atoms with E-state index in [2.05, 4.69) is 12.0 Å². The minimum Gasteiger partial charge on any atom is -0.388 e. The van der Waals surface area contributed by atoms with Crippen molar-refractivity contribution in [3.05, 3.63) is 17.5 Å². The van der Waals surface area contributed by atoms with E-state index in [0.29, 0.717) is 5.41 Å². The van der Waals surface area contributed by atoms with Crippen molar-refractivity contribution >= 4 is 0 Å². The standard InChI is InChI=1S/C11H18N2O/c1-8-9(7-13(3)12-8)10(14)6-11(2)4-5-11/h7,10,14H,4-6H2,1-3H3. The van der Waals surface area contributed by atoms with Crippen molar-refractivity contribution in [1.82, 2.24) is 9.78 Å². The topological polar surface area (TPSA) is 38.0 Å². The quantitative estimate of drug-likeness (QED) is 0.798. The van der Waals surface area contributed by atoms with Gasteiger partial charge in [-0.1, -0.05) is 6.92 Å². The Morgan fingerprint density at radius 1 is 1.64 bits per heavy atom. The highest BCUT2D eigenvalue weighted by Crippen LogP contribution is 2.51. The molecule has 0 bridgehead atoms. The summed E-state index contributed by atoms with van der Waals surface area (Å²) in [7, 11) is 1.89. The predicted octanol–water partition coefficient (Wildman–Crippen LogP) is 1.95. The van der Waals surface area contributed by atoms with Gasteiger partial charge in [0.15, 0.2) is 0 Å². The normalized spacial score (nSPS) is 20.9. The number of aromatic nitrogens is 2. The summed E-state index contributed by atoms with van der Waals surface area (Å²) in [6, 6.07) is 0. The van der Waals surface area contributed by atoms with Gasteiger partial charge in [0.2, 0.25) is 0 Å². The number of aliphatic hydroxyl groups is 1. The molecule has 14 heavy (non-hydrogen) atoms. The van der Waals surface area contributed by atoms with Crippen LogP contribution in [0, 0.1) is 12.3 Å². The van der Waals surface area contributed by atoms with Gasteiger partial charge in [-0.3, -0.25) is 4.68 Å². The van der Waals surface area contributed by atoms with Crippen LogP contribution in [0.3, 0.4) is 0 Å². The van der Waals surface area contributed by atoms with Crippen molar-refractivity contribution in [2.75, 3.05) is 0 Å². The Morgan fingerprint density at radius 3 is 2.71 bits per heavy atom. The third-order valence-electron chi connectivity index (χ3n) is 3.20. The summed E-state index contributed by atoms with van der Waals surface area (Å²) in [5.41, 5.74) is 2.33. The molecule has 1 atom stereocenters. The Kier molecular flexibility index (Phi) is 2.14. The molecule has 78 valence electrons. The van der Waals surface area contributed by atoms with Gasteiger partial charge in [-0.15, -0.1) is 0 Å². The maximum atomic E-state index is 10.0. The molecular weight excluding hydrogens is 176 g/mol. The van der Waals surface area contributed by atoms with Crippen LogP contribution in [0.1, 0.15) is 43.5 Å². The number of hydrogen-bond donors (Lipinski definition) is 1. The Bertz CT molecular complexity index is 339. The summed E-state index contributed by atoms with van der Waals surface area (Å²) >= 11 is 0. The monoisotopic (exact) mass is 194 g/mol. The van der Waals surface area contributed by atoms with Crippen molar-refractivity contribution < 1.29 is 5.11 Å². The van der Waals surface area contributed by atoms with Crippen LogP contribution >= 0.6 is 0 Å². The van der Waals surface area contributed by atoms with Crippen molar-refractivity contribution in [2.24, 2.45) is 12.5 Å². The number of hydrogen-bond acceptors (Lipinski definition) is 2. The van der Waals surface area contributed by atoms with Crippen LogP contribution in [-0.4, -0.2) is 14.9 Å². The molecule has 2 rings (SSSR count). The summed E-state index contributed by atoms with van der Waals surface area (Å²) in [6.45, 7) is 4.19. The lowest BCUT2D eigenvalue weighted by molar-refractivity contribution is 0.141. The maximum absolute atomic E-state index is 10.0. The van der Waals surface area contributed by atoms with Gasteiger partial charge in [-0.05, 0) is 31.6 Å². The molecule has 1 aliphatic carbocycles. The number of rotatable bonds is 3. The third kappa shape index (κ3) is 1.82. The van der Waals surface area contributed by atoms with E-state index in [-0.39, 0.29) is 6.10 Å². The van der Waals surface area contributed by atoms with Gasteiger partial charge in [-0.2, -0.15) is 5.10 Å². The first-order chi connectivity index (χ1) is 6.50. The highest BCUT2D eigenvalue weighted by Gasteiger charge is 2.39. The van der Waals surface area contributed by atoms with Gasteiger partial charge >= 0.3 is 0 Å². The van der Waals surface area contributed by atoms with Crippen LogP contribution in [0.15, 0.2) is 6.20 Å². The van der Waals surface area contributed by atoms with Gasteiger partial charge in [0.05, 0.1) is 11.8 Å². The number of aliphatic hydroxyl groups excluding tert-OH is 1. The minimum atomic E-state index is -0.337. The first-order valence-corrected chi connectivity index (χ1v) is 5.18. The molecule has 1 saturated carbocycles. The molecule has 1 aromatic heterocycles. The lowest BCUT2D eigenvalue weighted by atomic mass is 9.97. The van der Waals surface area contributed by atoms with E-state index in [4.69, 9.17) is 0 Å². The zero-order valence-corrected chi connectivity index (χ0v) is 9.12. The average molecular weight is 194 g/mol. The smallest absolute Gasteiger partial charge is 0.0828 e. The van der Waals surface area contributed by atoms with Crippen molar-refractivity contribution in [1.29, 1.82) is 0 Å². The lowest BCUT2D eigenvalue weighted by Gasteiger charge is -2.14. The fourth-order valence-corrected chi connectivity index (χ4v) is 1.94. The Morgan fingerprint density at radius 2 is 2.29 bits per heavy atom. The first-order valence-electron chi connectivity index (χ1n) is 5.18. The molecule has 1 aliphatic rings. The molecule has 0 aliphatic heterocycles. The van der Waals surface area contributed by atoms with Gasteiger partial charge in [0, 0.05) is 18.8 Å². The zero-order chi connectivity index (χ0) is 10.3. The largest absolute Gasteiger partial charge is 0.388 e. The molecule has 1 heterocycles. The van der Waals surface area contributed by atoms with Crippen LogP contribution < -0.4 is 0 Å². The molecular formula is C11H18N2O. The fourth-order valence-electron chi connectivity index (χ4n) is 1.94. The molecule has 1 N–H and O–H groups in total. The van der Waals surface area contributed by atoms with E-state index in [1.165, 1.54) is 12.8 Å². The van der Waals surface area contributed by atoms with Crippen molar-refractivity contribution in [3.63, 3.8) is 0 Å². The third-order valence-corrected chi connectivity index (χ3v) is 3.20. The Balaban J connectivity index is 2.10. The minimum absolute atomic E-state index is 0.337. The summed E-state index contributed by atoms with van der Waals surface area (Å²) in [5.74, 6) is 0.